The molecule has 1 heteroatoms. The first kappa shape index (κ1) is 38.2. The van der Waals surface area contributed by atoms with Crippen LogP contribution in [0.15, 0.2) is 170 Å². The van der Waals surface area contributed by atoms with Crippen LogP contribution in [0.1, 0.15) is 59.7 Å². The highest BCUT2D eigenvalue weighted by Gasteiger charge is 2.13. The lowest BCUT2D eigenvalue weighted by Gasteiger charge is -2.14. The second-order valence-electron chi connectivity index (χ2n) is 13.4. The van der Waals surface area contributed by atoms with Crippen molar-refractivity contribution in [3.63, 3.8) is 0 Å². The van der Waals surface area contributed by atoms with Gasteiger partial charge in [-0.25, -0.2) is 0 Å². The van der Waals surface area contributed by atoms with E-state index in [9.17, 15) is 0 Å². The first-order chi connectivity index (χ1) is 26.9. The molecule has 0 amide bonds. The van der Waals surface area contributed by atoms with Gasteiger partial charge >= 0.3 is 0 Å². The summed E-state index contributed by atoms with van der Waals surface area (Å²) in [6.45, 7) is 23.3. The topological polar surface area (TPSA) is 12.4 Å². The zero-order valence-corrected chi connectivity index (χ0v) is 32.7. The van der Waals surface area contributed by atoms with Crippen LogP contribution in [-0.2, 0) is 0 Å². The summed E-state index contributed by atoms with van der Waals surface area (Å²) in [4.78, 5) is 4.99. The number of benzene rings is 7. The predicted molar refractivity (Wildman–Crippen MR) is 245 cm³/mol. The third kappa shape index (κ3) is 8.03. The number of hydrogen-bond donors (Lipinski definition) is 0. The van der Waals surface area contributed by atoms with Gasteiger partial charge in [0, 0.05) is 17.0 Å². The van der Waals surface area contributed by atoms with Crippen molar-refractivity contribution in [2.75, 3.05) is 0 Å². The van der Waals surface area contributed by atoms with Gasteiger partial charge in [-0.3, -0.25) is 4.99 Å². The Bertz CT molecular complexity index is 2650. The van der Waals surface area contributed by atoms with Crippen LogP contribution in [0, 0.1) is 13.8 Å². The van der Waals surface area contributed by atoms with E-state index in [1.807, 2.05) is 39.1 Å². The van der Waals surface area contributed by atoms with Crippen molar-refractivity contribution in [1.29, 1.82) is 0 Å². The van der Waals surface area contributed by atoms with E-state index < -0.39 is 0 Å². The van der Waals surface area contributed by atoms with E-state index >= 15 is 0 Å². The average Bonchev–Trinajstić information content (AvgIpc) is 3.23. The van der Waals surface area contributed by atoms with Crippen LogP contribution in [0.25, 0.3) is 68.2 Å². The third-order valence-electron chi connectivity index (χ3n) is 10.1. The fourth-order valence-electron chi connectivity index (χ4n) is 7.20. The Morgan fingerprint density at radius 1 is 0.509 bits per heavy atom. The van der Waals surface area contributed by atoms with Crippen LogP contribution in [0.3, 0.4) is 0 Å². The second-order valence-corrected chi connectivity index (χ2v) is 13.4. The molecule has 270 valence electrons. The number of fused-ring (bicyclic) bond motifs is 3. The fourth-order valence-corrected chi connectivity index (χ4v) is 7.20. The Morgan fingerprint density at radius 2 is 0.964 bits per heavy atom. The van der Waals surface area contributed by atoms with Crippen molar-refractivity contribution in [3.8, 4) is 11.1 Å². The molecule has 0 fully saturated rings. The second kappa shape index (κ2) is 17.5. The van der Waals surface area contributed by atoms with Crippen LogP contribution in [0.4, 0.5) is 0 Å². The summed E-state index contributed by atoms with van der Waals surface area (Å²) in [5.74, 6) is 0. The Kier molecular flexibility index (Phi) is 12.1. The molecule has 0 aromatic heterocycles. The molecule has 0 spiro atoms. The maximum atomic E-state index is 4.99. The lowest BCUT2D eigenvalue weighted by molar-refractivity contribution is 1.44. The zero-order valence-electron chi connectivity index (χ0n) is 32.7. The minimum absolute atomic E-state index is 0.908. The van der Waals surface area contributed by atoms with Gasteiger partial charge in [0.1, 0.15) is 0 Å². The summed E-state index contributed by atoms with van der Waals surface area (Å²) >= 11 is 0. The zero-order chi connectivity index (χ0) is 38.9. The van der Waals surface area contributed by atoms with Gasteiger partial charge in [-0.2, -0.15) is 0 Å². The summed E-state index contributed by atoms with van der Waals surface area (Å²) in [7, 11) is 0. The summed E-state index contributed by atoms with van der Waals surface area (Å²) in [6.07, 6.45) is 10.2. The van der Waals surface area contributed by atoms with E-state index in [2.05, 4.69) is 185 Å². The van der Waals surface area contributed by atoms with Gasteiger partial charge in [0.15, 0.2) is 0 Å². The summed E-state index contributed by atoms with van der Waals surface area (Å²) < 4.78 is 0. The van der Waals surface area contributed by atoms with Gasteiger partial charge in [0.05, 0.1) is 5.70 Å². The first-order valence-electron chi connectivity index (χ1n) is 19.1. The molecule has 7 aromatic carbocycles. The largest absolute Gasteiger partial charge is 0.260 e. The van der Waals surface area contributed by atoms with Crippen molar-refractivity contribution in [2.45, 2.75) is 34.6 Å². The van der Waals surface area contributed by atoms with Crippen LogP contribution in [0.5, 0.6) is 0 Å². The number of aryl methyl sites for hydroxylation is 2. The summed E-state index contributed by atoms with van der Waals surface area (Å²) in [6, 6.07) is 49.5. The van der Waals surface area contributed by atoms with Gasteiger partial charge in [0.25, 0.3) is 0 Å². The SMILES string of the molecule is C=C/C(=C\c1ccccc1C)c1cc(/C(C=C)=C/c2ccccc2C)cc(-c2ccc(/C(N=CC)=c3/c(=C)c4ccccc4c4ccccc34)cc2)c1.CC. The monoisotopic (exact) mass is 711 g/mol. The molecular weight excluding hydrogens is 663 g/mol. The molecular formula is C54H49N. The van der Waals surface area contributed by atoms with Gasteiger partial charge in [-0.1, -0.05) is 167 Å². The summed E-state index contributed by atoms with van der Waals surface area (Å²) in [5, 5.41) is 6.73. The lowest BCUT2D eigenvalue weighted by Crippen LogP contribution is -2.28. The lowest BCUT2D eigenvalue weighted by atomic mass is 9.90. The van der Waals surface area contributed by atoms with Crippen LogP contribution in [0.2, 0.25) is 0 Å². The van der Waals surface area contributed by atoms with Crippen molar-refractivity contribution >= 4 is 63.3 Å². The van der Waals surface area contributed by atoms with Crippen molar-refractivity contribution in [1.82, 2.24) is 0 Å². The van der Waals surface area contributed by atoms with Crippen LogP contribution < -0.4 is 10.4 Å². The maximum absolute atomic E-state index is 4.99. The summed E-state index contributed by atoms with van der Waals surface area (Å²) in [5.41, 5.74) is 13.2. The van der Waals surface area contributed by atoms with Crippen molar-refractivity contribution in [2.24, 2.45) is 4.99 Å². The molecule has 0 unspecified atom stereocenters. The van der Waals surface area contributed by atoms with Crippen molar-refractivity contribution < 1.29 is 0 Å². The molecule has 0 aliphatic carbocycles. The Hall–Kier alpha value is -6.57. The Labute approximate surface area is 327 Å². The van der Waals surface area contributed by atoms with Crippen molar-refractivity contribution in [3.05, 3.63) is 214 Å². The van der Waals surface area contributed by atoms with E-state index in [-0.39, 0.29) is 0 Å². The molecule has 1 nitrogen and oxygen atoms in total. The number of hydrogen-bond acceptors (Lipinski definition) is 1. The average molecular weight is 712 g/mol. The number of nitrogens with zero attached hydrogens (tertiary/aromatic N) is 1. The van der Waals surface area contributed by atoms with Crippen LogP contribution >= 0.6 is 0 Å². The number of allylic oxidation sites excluding steroid dienone is 4. The molecule has 0 N–H and O–H groups in total. The van der Waals surface area contributed by atoms with Gasteiger partial charge in [-0.15, -0.1) is 0 Å². The molecule has 0 radical (unpaired) electrons. The highest BCUT2D eigenvalue weighted by atomic mass is 14.7. The minimum atomic E-state index is 0.908. The standard InChI is InChI=1S/C52H43N.C2H6/c1-7-38(30-42-20-12-10-18-35(42)4)44-32-45(39(8-2)31-43-21-13-11-19-36(43)5)34-46(33-44)40-26-28-41(29-27-40)52(53-9-3)51-37(6)47-22-14-15-23-48(47)49-24-16-17-25-50(49)51;1-2/h7-34H,1-2,6H2,3-5H3;1-2H3/b38-30+,39-31+,52-51+,53-9?;. The predicted octanol–water partition coefficient (Wildman–Crippen LogP) is 13.4. The highest BCUT2D eigenvalue weighted by Crippen LogP contribution is 2.33. The van der Waals surface area contributed by atoms with E-state index in [0.717, 1.165) is 65.9 Å². The van der Waals surface area contributed by atoms with Gasteiger partial charge in [0.2, 0.25) is 0 Å². The molecule has 7 rings (SSSR count). The molecule has 0 atom stereocenters. The molecule has 7 aromatic rings. The highest BCUT2D eigenvalue weighted by molar-refractivity contribution is 6.08. The molecule has 55 heavy (non-hydrogen) atoms. The maximum Gasteiger partial charge on any atom is 0.0782 e. The normalized spacial score (nSPS) is 12.4. The minimum Gasteiger partial charge on any atom is -0.260 e. The van der Waals surface area contributed by atoms with E-state index in [1.165, 1.54) is 33.0 Å². The van der Waals surface area contributed by atoms with E-state index in [1.54, 1.807) is 0 Å². The number of aliphatic imine (C=N–C) groups is 1. The Morgan fingerprint density at radius 3 is 1.45 bits per heavy atom. The molecule has 0 aliphatic rings. The quantitative estimate of drug-likeness (QED) is 0.0612. The number of rotatable bonds is 9. The van der Waals surface area contributed by atoms with E-state index in [4.69, 9.17) is 4.99 Å². The van der Waals surface area contributed by atoms with E-state index in [0.29, 0.717) is 0 Å². The molecule has 0 heterocycles. The first-order valence-corrected chi connectivity index (χ1v) is 19.1. The smallest absolute Gasteiger partial charge is 0.0782 e. The third-order valence-corrected chi connectivity index (χ3v) is 10.1. The van der Waals surface area contributed by atoms with Gasteiger partial charge in [-0.05, 0) is 134 Å². The van der Waals surface area contributed by atoms with Crippen LogP contribution in [-0.4, -0.2) is 6.21 Å². The Balaban J connectivity index is 0.00000253. The molecule has 0 aliphatic heterocycles. The molecule has 0 saturated heterocycles. The molecule has 0 bridgehead atoms. The fraction of sp³-hybridized carbons (Fsp3) is 0.0926. The van der Waals surface area contributed by atoms with Gasteiger partial charge < -0.3 is 0 Å². The molecule has 0 saturated carbocycles.